The third-order valence-corrected chi connectivity index (χ3v) is 2.50. The van der Waals surface area contributed by atoms with Crippen LogP contribution in [0.1, 0.15) is 30.4 Å². The lowest BCUT2D eigenvalue weighted by molar-refractivity contribution is -0.140. The van der Waals surface area contributed by atoms with Crippen LogP contribution in [0.4, 0.5) is 0 Å². The lowest BCUT2D eigenvalue weighted by atomic mass is 10.3. The molecule has 1 aromatic heterocycles. The smallest absolute Gasteiger partial charge is 0.328 e. The predicted molar refractivity (Wildman–Crippen MR) is 65.6 cm³/mol. The molecule has 0 spiro atoms. The molecule has 0 radical (unpaired) electrons. The fraction of sp³-hybridized carbons (Fsp3) is 0.500. The van der Waals surface area contributed by atoms with Crippen LogP contribution in [-0.2, 0) is 9.53 Å². The standard InChI is InChI=1S/C12H18N2O4/c1-8(2)14-6-4-5-10(14)11(15)13-9(7-18-3)12(16)17/h4-6,8-9H,7H2,1-3H3,(H,13,15)(H,16,17). The molecule has 1 heterocycles. The van der Waals surface area contributed by atoms with E-state index in [2.05, 4.69) is 5.32 Å². The Labute approximate surface area is 106 Å². The van der Waals surface area contributed by atoms with E-state index in [1.807, 2.05) is 13.8 Å². The number of nitrogens with one attached hydrogen (secondary N) is 1. The Hall–Kier alpha value is -1.82. The summed E-state index contributed by atoms with van der Waals surface area (Å²) in [7, 11) is 1.39. The summed E-state index contributed by atoms with van der Waals surface area (Å²) in [5.74, 6) is -1.54. The lowest BCUT2D eigenvalue weighted by Crippen LogP contribution is -2.44. The number of carboxylic acid groups (broad SMARTS) is 1. The molecular formula is C12H18N2O4. The second-order valence-corrected chi connectivity index (χ2v) is 4.21. The normalized spacial score (nSPS) is 12.4. The Morgan fingerprint density at radius 2 is 2.17 bits per heavy atom. The fourth-order valence-electron chi connectivity index (χ4n) is 1.61. The summed E-state index contributed by atoms with van der Waals surface area (Å²) in [6.45, 7) is 3.82. The average Bonchev–Trinajstić information content (AvgIpc) is 2.77. The molecular weight excluding hydrogens is 236 g/mol. The summed E-state index contributed by atoms with van der Waals surface area (Å²) in [5, 5.41) is 11.4. The number of nitrogens with zero attached hydrogens (tertiary/aromatic N) is 1. The molecule has 1 unspecified atom stereocenters. The van der Waals surface area contributed by atoms with Gasteiger partial charge in [0, 0.05) is 19.3 Å². The molecule has 1 aromatic rings. The molecule has 0 saturated carbocycles. The first kappa shape index (κ1) is 14.2. The fourth-order valence-corrected chi connectivity index (χ4v) is 1.61. The van der Waals surface area contributed by atoms with Crippen molar-refractivity contribution in [2.45, 2.75) is 25.9 Å². The van der Waals surface area contributed by atoms with Gasteiger partial charge in [-0.15, -0.1) is 0 Å². The van der Waals surface area contributed by atoms with Crippen LogP contribution in [0.15, 0.2) is 18.3 Å². The van der Waals surface area contributed by atoms with E-state index in [-0.39, 0.29) is 12.6 Å². The number of carboxylic acids is 1. The Morgan fingerprint density at radius 1 is 1.50 bits per heavy atom. The van der Waals surface area contributed by atoms with Crippen LogP contribution in [0.3, 0.4) is 0 Å². The summed E-state index contributed by atoms with van der Waals surface area (Å²) in [5.41, 5.74) is 0.437. The van der Waals surface area contributed by atoms with E-state index in [0.29, 0.717) is 5.69 Å². The summed E-state index contributed by atoms with van der Waals surface area (Å²) in [6.07, 6.45) is 1.78. The number of aliphatic carboxylic acids is 1. The van der Waals surface area contributed by atoms with Crippen molar-refractivity contribution >= 4 is 11.9 Å². The molecule has 6 nitrogen and oxygen atoms in total. The molecule has 0 saturated heterocycles. The predicted octanol–water partition coefficient (Wildman–Crippen LogP) is 0.898. The zero-order valence-corrected chi connectivity index (χ0v) is 10.7. The SMILES string of the molecule is COCC(NC(=O)c1cccn1C(C)C)C(=O)O. The van der Waals surface area contributed by atoms with Gasteiger partial charge in [0.15, 0.2) is 6.04 Å². The molecule has 2 N–H and O–H groups in total. The monoisotopic (exact) mass is 254 g/mol. The largest absolute Gasteiger partial charge is 0.480 e. The van der Waals surface area contributed by atoms with E-state index in [1.54, 1.807) is 22.9 Å². The number of hydrogen-bond donors (Lipinski definition) is 2. The summed E-state index contributed by atoms with van der Waals surface area (Å²) in [4.78, 5) is 22.9. The van der Waals surface area contributed by atoms with Gasteiger partial charge < -0.3 is 19.7 Å². The third kappa shape index (κ3) is 3.33. The first-order chi connectivity index (χ1) is 8.47. The van der Waals surface area contributed by atoms with Crippen LogP contribution in [0.5, 0.6) is 0 Å². The molecule has 0 bridgehead atoms. The zero-order valence-electron chi connectivity index (χ0n) is 10.7. The number of hydrogen-bond acceptors (Lipinski definition) is 3. The minimum atomic E-state index is -1.12. The maximum absolute atomic E-state index is 12.0. The third-order valence-electron chi connectivity index (χ3n) is 2.50. The molecule has 1 rings (SSSR count). The first-order valence-corrected chi connectivity index (χ1v) is 5.66. The van der Waals surface area contributed by atoms with Gasteiger partial charge in [-0.05, 0) is 26.0 Å². The van der Waals surface area contributed by atoms with Crippen molar-refractivity contribution in [3.05, 3.63) is 24.0 Å². The molecule has 1 atom stereocenters. The van der Waals surface area contributed by atoms with Gasteiger partial charge in [0.1, 0.15) is 5.69 Å². The van der Waals surface area contributed by atoms with Gasteiger partial charge in [0.25, 0.3) is 5.91 Å². The number of amides is 1. The second-order valence-electron chi connectivity index (χ2n) is 4.21. The molecule has 1 amide bonds. The maximum Gasteiger partial charge on any atom is 0.328 e. The van der Waals surface area contributed by atoms with E-state index in [9.17, 15) is 9.59 Å². The van der Waals surface area contributed by atoms with Gasteiger partial charge in [0.2, 0.25) is 0 Å². The maximum atomic E-state index is 12.0. The van der Waals surface area contributed by atoms with Crippen LogP contribution >= 0.6 is 0 Å². The van der Waals surface area contributed by atoms with Crippen molar-refractivity contribution in [1.82, 2.24) is 9.88 Å². The van der Waals surface area contributed by atoms with Crippen LogP contribution in [-0.4, -0.2) is 41.3 Å². The Morgan fingerprint density at radius 3 is 2.67 bits per heavy atom. The number of methoxy groups -OCH3 is 1. The molecule has 0 aliphatic carbocycles. The number of ether oxygens (including phenoxy) is 1. The van der Waals surface area contributed by atoms with Crippen LogP contribution in [0, 0.1) is 0 Å². The van der Waals surface area contributed by atoms with E-state index >= 15 is 0 Å². The number of carbonyl (C=O) groups excluding carboxylic acids is 1. The van der Waals surface area contributed by atoms with Gasteiger partial charge in [-0.2, -0.15) is 0 Å². The average molecular weight is 254 g/mol. The Bertz CT molecular complexity index is 425. The van der Waals surface area contributed by atoms with E-state index in [1.165, 1.54) is 7.11 Å². The highest BCUT2D eigenvalue weighted by Crippen LogP contribution is 2.10. The van der Waals surface area contributed by atoms with E-state index < -0.39 is 17.9 Å². The van der Waals surface area contributed by atoms with Crippen molar-refractivity contribution in [3.8, 4) is 0 Å². The second kappa shape index (κ2) is 6.20. The quantitative estimate of drug-likeness (QED) is 0.790. The van der Waals surface area contributed by atoms with Crippen molar-refractivity contribution in [1.29, 1.82) is 0 Å². The van der Waals surface area contributed by atoms with Crippen molar-refractivity contribution in [3.63, 3.8) is 0 Å². The van der Waals surface area contributed by atoms with Gasteiger partial charge in [-0.25, -0.2) is 4.79 Å². The van der Waals surface area contributed by atoms with Crippen LogP contribution in [0.25, 0.3) is 0 Å². The highest BCUT2D eigenvalue weighted by atomic mass is 16.5. The summed E-state index contributed by atoms with van der Waals surface area (Å²) >= 11 is 0. The van der Waals surface area contributed by atoms with E-state index in [4.69, 9.17) is 9.84 Å². The van der Waals surface area contributed by atoms with Gasteiger partial charge in [-0.1, -0.05) is 0 Å². The molecule has 0 aromatic carbocycles. The lowest BCUT2D eigenvalue weighted by Gasteiger charge is -2.16. The topological polar surface area (TPSA) is 80.6 Å². The number of rotatable bonds is 6. The van der Waals surface area contributed by atoms with Gasteiger partial charge in [-0.3, -0.25) is 4.79 Å². The van der Waals surface area contributed by atoms with Crippen molar-refractivity contribution in [2.24, 2.45) is 0 Å². The minimum absolute atomic E-state index is 0.0660. The molecule has 6 heteroatoms. The molecule has 18 heavy (non-hydrogen) atoms. The highest BCUT2D eigenvalue weighted by molar-refractivity contribution is 5.95. The van der Waals surface area contributed by atoms with Crippen LogP contribution < -0.4 is 5.32 Å². The first-order valence-electron chi connectivity index (χ1n) is 5.66. The van der Waals surface area contributed by atoms with Crippen molar-refractivity contribution < 1.29 is 19.4 Å². The summed E-state index contributed by atoms with van der Waals surface area (Å²) in [6, 6.07) is 2.49. The molecule has 0 aliphatic rings. The van der Waals surface area contributed by atoms with E-state index in [0.717, 1.165) is 0 Å². The number of carbonyl (C=O) groups is 2. The Balaban J connectivity index is 2.80. The van der Waals surface area contributed by atoms with Gasteiger partial charge in [0.05, 0.1) is 6.61 Å². The molecule has 100 valence electrons. The zero-order chi connectivity index (χ0) is 13.7. The molecule has 0 fully saturated rings. The molecule has 0 aliphatic heterocycles. The Kier molecular flexibility index (Phi) is 4.91. The number of aromatic nitrogens is 1. The highest BCUT2D eigenvalue weighted by Gasteiger charge is 2.22. The summed E-state index contributed by atoms with van der Waals surface area (Å²) < 4.78 is 6.54. The van der Waals surface area contributed by atoms with Gasteiger partial charge >= 0.3 is 5.97 Å². The van der Waals surface area contributed by atoms with Crippen LogP contribution in [0.2, 0.25) is 0 Å². The van der Waals surface area contributed by atoms with Crippen molar-refractivity contribution in [2.75, 3.05) is 13.7 Å². The minimum Gasteiger partial charge on any atom is -0.480 e.